The molecular weight excluding hydrogens is 946 g/mol. The fourth-order valence-corrected chi connectivity index (χ4v) is 9.96. The molecule has 1 saturated heterocycles. The molecule has 1 heterocycles. The molecule has 2 aliphatic rings. The summed E-state index contributed by atoms with van der Waals surface area (Å²) >= 11 is 0. The van der Waals surface area contributed by atoms with Gasteiger partial charge in [-0.2, -0.15) is 0 Å². The van der Waals surface area contributed by atoms with Crippen LogP contribution >= 0.6 is 15.6 Å². The van der Waals surface area contributed by atoms with Gasteiger partial charge in [-0.1, -0.05) is 109 Å². The van der Waals surface area contributed by atoms with Gasteiger partial charge in [-0.3, -0.25) is 28.0 Å². The van der Waals surface area contributed by atoms with Crippen molar-refractivity contribution < 1.29 is 97.0 Å². The summed E-state index contributed by atoms with van der Waals surface area (Å²) in [5.74, 6) is -5.56. The fourth-order valence-electron chi connectivity index (χ4n) is 8.43. The largest absolute Gasteiger partial charge is 0.472 e. The number of unbranched alkanes of at least 4 members (excludes halogenated alkanes) is 13. The number of ketones is 1. The smallest absolute Gasteiger partial charge is 0.462 e. The van der Waals surface area contributed by atoms with Gasteiger partial charge in [-0.05, 0) is 51.4 Å². The zero-order chi connectivity index (χ0) is 51.4. The number of aliphatic hydroxyl groups excluding tert-OH is 7. The highest BCUT2D eigenvalue weighted by atomic mass is 31.2. The van der Waals surface area contributed by atoms with Crippen molar-refractivity contribution >= 4 is 33.4 Å². The van der Waals surface area contributed by atoms with Crippen molar-refractivity contribution in [1.82, 2.24) is 0 Å². The molecule has 0 aromatic heterocycles. The van der Waals surface area contributed by atoms with Crippen LogP contribution in [0.5, 0.6) is 0 Å². The molecule has 402 valence electrons. The predicted molar refractivity (Wildman–Crippen MR) is 253 cm³/mol. The molecule has 0 amide bonds. The van der Waals surface area contributed by atoms with E-state index >= 15 is 0 Å². The first-order valence-electron chi connectivity index (χ1n) is 25.1. The van der Waals surface area contributed by atoms with Gasteiger partial charge in [0.25, 0.3) is 0 Å². The summed E-state index contributed by atoms with van der Waals surface area (Å²) in [4.78, 5) is 70.0. The topological polar surface area (TPSA) is 334 Å². The molecule has 1 aliphatic heterocycles. The normalized spacial score (nSPS) is 31.3. The first kappa shape index (κ1) is 63.1. The van der Waals surface area contributed by atoms with Crippen LogP contribution in [-0.2, 0) is 46.6 Å². The molecule has 20 nitrogen and oxygen atoms in total. The number of hydrogen-bond acceptors (Lipinski definition) is 17. The van der Waals surface area contributed by atoms with Crippen LogP contribution in [0.1, 0.15) is 168 Å². The molecule has 0 radical (unpaired) electrons. The van der Waals surface area contributed by atoms with Gasteiger partial charge in [0.1, 0.15) is 36.8 Å². The third-order valence-corrected chi connectivity index (χ3v) is 14.0. The number of rotatable bonds is 25. The van der Waals surface area contributed by atoms with Crippen LogP contribution < -0.4 is 0 Å². The Morgan fingerprint density at radius 2 is 1.39 bits per heavy atom. The number of esters is 2. The first-order valence-corrected chi connectivity index (χ1v) is 28.1. The van der Waals surface area contributed by atoms with E-state index in [1.165, 1.54) is 25.7 Å². The second-order valence-electron chi connectivity index (χ2n) is 18.5. The first-order chi connectivity index (χ1) is 32.7. The van der Waals surface area contributed by atoms with Crippen LogP contribution in [0.4, 0.5) is 0 Å². The summed E-state index contributed by atoms with van der Waals surface area (Å²) in [5, 5.41) is 79.6. The van der Waals surface area contributed by atoms with Crippen molar-refractivity contribution in [2.45, 2.75) is 229 Å². The molecule has 2 fully saturated rings. The van der Waals surface area contributed by atoms with Gasteiger partial charge in [0.15, 0.2) is 6.10 Å². The lowest BCUT2D eigenvalue weighted by Gasteiger charge is -2.38. The van der Waals surface area contributed by atoms with E-state index in [-0.39, 0.29) is 38.5 Å². The maximum Gasteiger partial charge on any atom is 0.472 e. The van der Waals surface area contributed by atoms with E-state index in [4.69, 9.17) is 23.0 Å². The van der Waals surface area contributed by atoms with E-state index in [9.17, 15) is 73.9 Å². The lowest BCUT2D eigenvalue weighted by atomic mass is 9.82. The molecule has 2 bridgehead atoms. The minimum absolute atomic E-state index is 0.0256. The Balaban J connectivity index is 2.32. The summed E-state index contributed by atoms with van der Waals surface area (Å²) in [5.41, 5.74) is 0. The number of allylic oxidation sites excluding steroid dienone is 2. The third kappa shape index (κ3) is 26.5. The number of phosphoric acid groups is 2. The predicted octanol–water partition coefficient (Wildman–Crippen LogP) is 5.29. The monoisotopic (exact) mass is 1030 g/mol. The van der Waals surface area contributed by atoms with Gasteiger partial charge < -0.3 is 59.9 Å². The summed E-state index contributed by atoms with van der Waals surface area (Å²) in [7, 11) is -11.5. The highest BCUT2D eigenvalue weighted by molar-refractivity contribution is 7.47. The van der Waals surface area contributed by atoms with Crippen LogP contribution in [0.15, 0.2) is 24.3 Å². The Morgan fingerprint density at radius 3 is 2.03 bits per heavy atom. The third-order valence-electron chi connectivity index (χ3n) is 12.5. The summed E-state index contributed by atoms with van der Waals surface area (Å²) in [6.45, 7) is 2.46. The number of ether oxygens (including phenoxy) is 2. The van der Waals surface area contributed by atoms with Gasteiger partial charge in [-0.15, -0.1) is 0 Å². The van der Waals surface area contributed by atoms with Crippen molar-refractivity contribution in [2.75, 3.05) is 13.2 Å². The van der Waals surface area contributed by atoms with Crippen molar-refractivity contribution in [3.63, 3.8) is 0 Å². The molecule has 2 rings (SSSR count). The molecule has 0 spiro atoms. The zero-order valence-corrected chi connectivity index (χ0v) is 42.4. The van der Waals surface area contributed by atoms with Gasteiger partial charge in [0, 0.05) is 43.9 Å². The molecule has 0 aromatic carbocycles. The average Bonchev–Trinajstić information content (AvgIpc) is 3.29. The number of phosphoric ester groups is 2. The average molecular weight is 1030 g/mol. The number of carbonyl (C=O) groups excluding carboxylic acids is 3. The van der Waals surface area contributed by atoms with E-state index < -0.39 is 132 Å². The standard InChI is InChI=1S/C47H84O20P2/c1-3-5-7-8-9-10-11-12-13-14-15-16-17-18-20-25-40(52)63-31-35-32-64-69(61,62)67-47-45(57)44(56)42(54)37(29-34(49)24-21-22-26-41(53)65-35)39(51)30-38(50)36(28-27-33(48)23-19-6-4-2)43(55)46(47)66-68(58,59)60/h10-11,27-28,33,35-39,42-48,50-51,54-57H,3-9,12-26,29-32H2,1-2H3,(H,61,62)(H2,58,59,60)/b11-10-,28-27-/t33-,35+,36-,37-,38+,39-,42+,43+,44-,45+,46+,47-/m0/s1. The fraction of sp³-hybridized carbons (Fsp3) is 0.851. The molecule has 69 heavy (non-hydrogen) atoms. The summed E-state index contributed by atoms with van der Waals surface area (Å²) in [6.07, 6.45) is -0.872. The number of Topliss-reactive ketones (excluding diaryl/α,β-unsaturated/α-hetero) is 1. The van der Waals surface area contributed by atoms with Crippen LogP contribution in [0.2, 0.25) is 0 Å². The SMILES string of the molecule is CCCCCC/C=C\CCCCCCCCCC(=O)OC[C@@H]1COP(=O)(O)O[C@H]2[C@H](O)[C@@H](O)[C@H](O)[C@@H](CC(=O)CCCCC(=O)O1)[C@@H](O)C[C@@H](O)[C@H](/C=C\[C@@H](O)CCCCC)[C@@H](O)[C@H]2OP(=O)(O)O. The molecule has 1 saturated carbocycles. The lowest BCUT2D eigenvalue weighted by Crippen LogP contribution is -2.56. The van der Waals surface area contributed by atoms with Crippen molar-refractivity contribution in [3.8, 4) is 0 Å². The molecule has 1 aliphatic carbocycles. The minimum atomic E-state index is -5.81. The Bertz CT molecular complexity index is 1610. The molecule has 22 heteroatoms. The van der Waals surface area contributed by atoms with E-state index in [0.29, 0.717) is 12.8 Å². The van der Waals surface area contributed by atoms with Crippen molar-refractivity contribution in [2.24, 2.45) is 11.8 Å². The summed E-state index contributed by atoms with van der Waals surface area (Å²) in [6, 6.07) is 0. The maximum atomic E-state index is 13.7. The number of hydrogen-bond donors (Lipinski definition) is 10. The van der Waals surface area contributed by atoms with E-state index in [0.717, 1.165) is 76.4 Å². The quantitative estimate of drug-likeness (QED) is 0.0240. The van der Waals surface area contributed by atoms with Crippen LogP contribution in [0, 0.1) is 11.8 Å². The van der Waals surface area contributed by atoms with E-state index in [1.54, 1.807) is 0 Å². The summed E-state index contributed by atoms with van der Waals surface area (Å²) < 4.78 is 52.0. The van der Waals surface area contributed by atoms with E-state index in [1.807, 2.05) is 6.92 Å². The Morgan fingerprint density at radius 1 is 0.797 bits per heavy atom. The second-order valence-corrected chi connectivity index (χ2v) is 21.1. The Kier molecular flexibility index (Phi) is 31.5. The highest BCUT2D eigenvalue weighted by Crippen LogP contribution is 2.50. The maximum absolute atomic E-state index is 13.7. The lowest BCUT2D eigenvalue weighted by molar-refractivity contribution is -0.166. The number of carbonyl (C=O) groups is 3. The Hall–Kier alpha value is -1.97. The minimum Gasteiger partial charge on any atom is -0.462 e. The van der Waals surface area contributed by atoms with Crippen molar-refractivity contribution in [1.29, 1.82) is 0 Å². The van der Waals surface area contributed by atoms with E-state index in [2.05, 4.69) is 19.1 Å². The second kappa shape index (κ2) is 34.5. The number of fused-ring (bicyclic) bond motifs is 4. The molecule has 0 aromatic rings. The molecule has 1 unspecified atom stereocenters. The molecule has 10 N–H and O–H groups in total. The number of cyclic esters (lactones) is 1. The molecular formula is C47H84O20P2. The van der Waals surface area contributed by atoms with Crippen LogP contribution in [0.3, 0.4) is 0 Å². The van der Waals surface area contributed by atoms with Gasteiger partial charge >= 0.3 is 27.6 Å². The van der Waals surface area contributed by atoms with Gasteiger partial charge in [0.2, 0.25) is 0 Å². The highest BCUT2D eigenvalue weighted by Gasteiger charge is 2.52. The van der Waals surface area contributed by atoms with Crippen LogP contribution in [-0.4, -0.2) is 142 Å². The van der Waals surface area contributed by atoms with Gasteiger partial charge in [0.05, 0.1) is 37.1 Å². The van der Waals surface area contributed by atoms with Gasteiger partial charge in [-0.25, -0.2) is 9.13 Å². The van der Waals surface area contributed by atoms with Crippen molar-refractivity contribution in [3.05, 3.63) is 24.3 Å². The Labute approximate surface area is 407 Å². The zero-order valence-electron chi connectivity index (χ0n) is 40.6. The van der Waals surface area contributed by atoms with Crippen LogP contribution in [0.25, 0.3) is 0 Å². The number of aliphatic hydroxyl groups is 7. The molecule has 13 atom stereocenters.